The highest BCUT2D eigenvalue weighted by Gasteiger charge is 2.41. The Hall–Kier alpha value is -3.73. The number of aromatic nitrogens is 2. The molecule has 2 heterocycles. The van der Waals surface area contributed by atoms with Crippen LogP contribution in [0.4, 0.5) is 5.95 Å². The molecule has 3 aromatic rings. The first kappa shape index (κ1) is 17.7. The van der Waals surface area contributed by atoms with Crippen molar-refractivity contribution in [2.75, 3.05) is 26.6 Å². The van der Waals surface area contributed by atoms with Gasteiger partial charge in [0.1, 0.15) is 0 Å². The lowest BCUT2D eigenvalue weighted by Crippen LogP contribution is -2.37. The van der Waals surface area contributed by atoms with Crippen molar-refractivity contribution in [2.24, 2.45) is 5.92 Å². The van der Waals surface area contributed by atoms with Gasteiger partial charge in [-0.25, -0.2) is 4.98 Å². The number of amides is 1. The van der Waals surface area contributed by atoms with Crippen LogP contribution >= 0.6 is 0 Å². The third kappa shape index (κ3) is 2.44. The van der Waals surface area contributed by atoms with Crippen LogP contribution in [0, 0.1) is 17.2 Å². The van der Waals surface area contributed by atoms with Crippen molar-refractivity contribution < 1.29 is 19.0 Å². The number of hydrogen-bond acceptors (Lipinski definition) is 6. The van der Waals surface area contributed by atoms with E-state index in [9.17, 15) is 10.1 Å². The molecule has 1 aromatic heterocycles. The number of rotatable bonds is 4. The zero-order chi connectivity index (χ0) is 19.8. The maximum Gasteiger partial charge on any atom is 0.246 e. The molecular weight excluding hydrogens is 360 g/mol. The second-order valence-corrected chi connectivity index (χ2v) is 6.26. The Balaban J connectivity index is 2.04. The van der Waals surface area contributed by atoms with Crippen molar-refractivity contribution in [2.45, 2.75) is 6.04 Å². The van der Waals surface area contributed by atoms with Gasteiger partial charge in [0.15, 0.2) is 17.4 Å². The first-order valence-electron chi connectivity index (χ1n) is 8.60. The van der Waals surface area contributed by atoms with Gasteiger partial charge in [-0.05, 0) is 24.3 Å². The Morgan fingerprint density at radius 3 is 2.50 bits per heavy atom. The summed E-state index contributed by atoms with van der Waals surface area (Å²) in [5.74, 6) is 0.304. The largest absolute Gasteiger partial charge is 0.493 e. The monoisotopic (exact) mass is 378 g/mol. The van der Waals surface area contributed by atoms with Crippen LogP contribution in [0.2, 0.25) is 0 Å². The molecule has 1 aliphatic rings. The van der Waals surface area contributed by atoms with Crippen LogP contribution in [0.15, 0.2) is 36.4 Å². The molecule has 2 aromatic carbocycles. The summed E-state index contributed by atoms with van der Waals surface area (Å²) in [6, 6.07) is 12.5. The first-order chi connectivity index (χ1) is 13.6. The topological polar surface area (TPSA) is 98.4 Å². The Kier molecular flexibility index (Phi) is 4.28. The summed E-state index contributed by atoms with van der Waals surface area (Å²) in [5.41, 5.74) is 2.16. The van der Waals surface area contributed by atoms with Gasteiger partial charge in [-0.2, -0.15) is 5.26 Å². The first-order valence-corrected chi connectivity index (χ1v) is 8.60. The van der Waals surface area contributed by atoms with E-state index in [4.69, 9.17) is 14.2 Å². The van der Waals surface area contributed by atoms with E-state index < -0.39 is 17.9 Å². The van der Waals surface area contributed by atoms with Gasteiger partial charge in [-0.15, -0.1) is 0 Å². The number of imidazole rings is 1. The van der Waals surface area contributed by atoms with E-state index in [0.717, 1.165) is 11.0 Å². The Morgan fingerprint density at radius 2 is 1.82 bits per heavy atom. The van der Waals surface area contributed by atoms with Crippen LogP contribution in [-0.2, 0) is 4.79 Å². The highest BCUT2D eigenvalue weighted by atomic mass is 16.5. The number of ether oxygens (including phenoxy) is 3. The third-order valence-corrected chi connectivity index (χ3v) is 4.90. The van der Waals surface area contributed by atoms with Crippen LogP contribution in [0.25, 0.3) is 11.0 Å². The highest BCUT2D eigenvalue weighted by molar-refractivity contribution is 5.97. The Bertz CT molecular complexity index is 1120. The third-order valence-electron chi connectivity index (χ3n) is 4.90. The number of nitrogens with one attached hydrogen (secondary N) is 1. The molecule has 1 amide bonds. The average Bonchev–Trinajstić information content (AvgIpc) is 3.09. The fourth-order valence-electron chi connectivity index (χ4n) is 3.70. The molecule has 2 atom stereocenters. The molecule has 8 nitrogen and oxygen atoms in total. The minimum atomic E-state index is -0.975. The van der Waals surface area contributed by atoms with E-state index in [2.05, 4.69) is 16.4 Å². The quantitative estimate of drug-likeness (QED) is 0.750. The molecule has 0 saturated carbocycles. The van der Waals surface area contributed by atoms with Gasteiger partial charge in [0.05, 0.1) is 44.5 Å². The van der Waals surface area contributed by atoms with Crippen molar-refractivity contribution in [1.82, 2.24) is 9.55 Å². The fourth-order valence-corrected chi connectivity index (χ4v) is 3.70. The Morgan fingerprint density at radius 1 is 1.07 bits per heavy atom. The number of para-hydroxylation sites is 2. The van der Waals surface area contributed by atoms with E-state index >= 15 is 0 Å². The Labute approximate surface area is 161 Å². The van der Waals surface area contributed by atoms with E-state index in [1.165, 1.54) is 21.3 Å². The van der Waals surface area contributed by atoms with Crippen molar-refractivity contribution in [3.63, 3.8) is 0 Å². The van der Waals surface area contributed by atoms with Gasteiger partial charge in [0.2, 0.25) is 17.6 Å². The molecule has 0 saturated heterocycles. The van der Waals surface area contributed by atoms with E-state index in [0.29, 0.717) is 28.8 Å². The normalized spacial score (nSPS) is 18.1. The average molecular weight is 378 g/mol. The lowest BCUT2D eigenvalue weighted by atomic mass is 9.90. The SMILES string of the molecule is COc1ccc([C@@H]2[C@@H](C#N)C(=O)Nc3nc4ccccc4n32)c(OC)c1OC. The number of hydrogen-bond donors (Lipinski definition) is 1. The number of nitriles is 1. The summed E-state index contributed by atoms with van der Waals surface area (Å²) < 4.78 is 18.3. The second kappa shape index (κ2) is 6.78. The molecule has 0 spiro atoms. The maximum absolute atomic E-state index is 12.6. The van der Waals surface area contributed by atoms with Crippen molar-refractivity contribution in [3.05, 3.63) is 42.0 Å². The second-order valence-electron chi connectivity index (χ2n) is 6.26. The minimum Gasteiger partial charge on any atom is -0.493 e. The fraction of sp³-hybridized carbons (Fsp3) is 0.250. The summed E-state index contributed by atoms with van der Waals surface area (Å²) in [6.07, 6.45) is 0. The number of carbonyl (C=O) groups is 1. The molecule has 0 unspecified atom stereocenters. The molecule has 4 rings (SSSR count). The summed E-state index contributed by atoms with van der Waals surface area (Å²) in [5, 5.41) is 12.5. The van der Waals surface area contributed by atoms with Crippen molar-refractivity contribution in [3.8, 4) is 23.3 Å². The minimum absolute atomic E-state index is 0.388. The van der Waals surface area contributed by atoms with Gasteiger partial charge < -0.3 is 18.8 Å². The predicted octanol–water partition coefficient (Wildman–Crippen LogP) is 2.74. The molecular formula is C20H18N4O4. The molecule has 8 heteroatoms. The lowest BCUT2D eigenvalue weighted by molar-refractivity contribution is -0.119. The molecule has 0 fully saturated rings. The van der Waals surface area contributed by atoms with Crippen molar-refractivity contribution >= 4 is 22.9 Å². The van der Waals surface area contributed by atoms with Gasteiger partial charge in [-0.3, -0.25) is 10.1 Å². The van der Waals surface area contributed by atoms with Gasteiger partial charge in [-0.1, -0.05) is 12.1 Å². The number of benzene rings is 2. The highest BCUT2D eigenvalue weighted by Crippen LogP contribution is 2.47. The van der Waals surface area contributed by atoms with Crippen LogP contribution in [0.5, 0.6) is 17.2 Å². The standard InChI is InChI=1S/C20H18N4O4/c1-26-15-9-8-11(17(27-2)18(15)28-3)16-12(10-21)19(25)23-20-22-13-6-4-5-7-14(13)24(16)20/h4-9,12,16H,1-3H3,(H,22,23,25)/t12-,16-/m1/s1. The summed E-state index contributed by atoms with van der Waals surface area (Å²) in [4.78, 5) is 17.1. The number of nitrogens with zero attached hydrogens (tertiary/aromatic N) is 3. The molecule has 0 bridgehead atoms. The van der Waals surface area contributed by atoms with E-state index in [1.54, 1.807) is 12.1 Å². The van der Waals surface area contributed by atoms with Gasteiger partial charge >= 0.3 is 0 Å². The molecule has 0 aliphatic carbocycles. The number of anilines is 1. The molecule has 0 radical (unpaired) electrons. The molecule has 1 aliphatic heterocycles. The maximum atomic E-state index is 12.6. The number of methoxy groups -OCH3 is 3. The molecule has 1 N–H and O–H groups in total. The van der Waals surface area contributed by atoms with Crippen LogP contribution in [-0.4, -0.2) is 36.8 Å². The lowest BCUT2D eigenvalue weighted by Gasteiger charge is -2.31. The molecule has 28 heavy (non-hydrogen) atoms. The summed E-state index contributed by atoms with van der Waals surface area (Å²) in [7, 11) is 4.56. The van der Waals surface area contributed by atoms with Crippen LogP contribution < -0.4 is 19.5 Å². The zero-order valence-electron chi connectivity index (χ0n) is 15.6. The smallest absolute Gasteiger partial charge is 0.246 e. The van der Waals surface area contributed by atoms with E-state index in [-0.39, 0.29) is 0 Å². The van der Waals surface area contributed by atoms with Crippen molar-refractivity contribution in [1.29, 1.82) is 5.26 Å². The number of carbonyl (C=O) groups excluding carboxylic acids is 1. The molecule has 142 valence electrons. The summed E-state index contributed by atoms with van der Waals surface area (Å²) >= 11 is 0. The van der Waals surface area contributed by atoms with Crippen LogP contribution in [0.3, 0.4) is 0 Å². The van der Waals surface area contributed by atoms with Gasteiger partial charge in [0, 0.05) is 5.56 Å². The van der Waals surface area contributed by atoms with E-state index in [1.807, 2.05) is 28.8 Å². The van der Waals surface area contributed by atoms with Gasteiger partial charge in [0.25, 0.3) is 0 Å². The predicted molar refractivity (Wildman–Crippen MR) is 102 cm³/mol. The number of fused-ring (bicyclic) bond motifs is 3. The van der Waals surface area contributed by atoms with Crippen LogP contribution in [0.1, 0.15) is 11.6 Å². The zero-order valence-corrected chi connectivity index (χ0v) is 15.6. The summed E-state index contributed by atoms with van der Waals surface area (Å²) in [6.45, 7) is 0.